The van der Waals surface area contributed by atoms with Crippen LogP contribution in [0.1, 0.15) is 18.4 Å². The van der Waals surface area contributed by atoms with Gasteiger partial charge in [-0.1, -0.05) is 24.3 Å². The minimum absolute atomic E-state index is 0.0742. The molecule has 2 aromatic rings. The summed E-state index contributed by atoms with van der Waals surface area (Å²) in [6.45, 7) is 0.678. The van der Waals surface area contributed by atoms with E-state index >= 15 is 0 Å². The Morgan fingerprint density at radius 3 is 2.41 bits per heavy atom. The van der Waals surface area contributed by atoms with Crippen molar-refractivity contribution < 1.29 is 26.8 Å². The van der Waals surface area contributed by atoms with Crippen molar-refractivity contribution in [2.24, 2.45) is 0 Å². The van der Waals surface area contributed by atoms with Crippen molar-refractivity contribution in [2.75, 3.05) is 16.8 Å². The summed E-state index contributed by atoms with van der Waals surface area (Å²) in [5.74, 6) is -4.18. The number of nitrogens with one attached hydrogen (secondary N) is 1. The second-order valence-electron chi connectivity index (χ2n) is 6.36. The first-order valence-electron chi connectivity index (χ1n) is 8.79. The van der Waals surface area contributed by atoms with Gasteiger partial charge in [0.15, 0.2) is 0 Å². The van der Waals surface area contributed by atoms with Gasteiger partial charge in [-0.3, -0.25) is 9.59 Å². The van der Waals surface area contributed by atoms with Crippen molar-refractivity contribution in [3.8, 4) is 0 Å². The number of benzene rings is 2. The molecule has 0 atom stereocenters. The van der Waals surface area contributed by atoms with Crippen LogP contribution in [0.5, 0.6) is 0 Å². The third-order valence-corrected chi connectivity index (χ3v) is 5.83. The molecule has 9 heteroatoms. The Morgan fingerprint density at radius 2 is 1.79 bits per heavy atom. The monoisotopic (exact) mass is 420 g/mol. The van der Waals surface area contributed by atoms with Gasteiger partial charge in [0.25, 0.3) is 0 Å². The summed E-state index contributed by atoms with van der Waals surface area (Å²) in [4.78, 5) is 24.9. The van der Waals surface area contributed by atoms with E-state index in [1.165, 1.54) is 30.4 Å². The second-order valence-corrected chi connectivity index (χ2v) is 8.25. The van der Waals surface area contributed by atoms with Crippen LogP contribution in [0, 0.1) is 0 Å². The summed E-state index contributed by atoms with van der Waals surface area (Å²) < 4.78 is 49.1. The molecule has 2 amide bonds. The van der Waals surface area contributed by atoms with Crippen LogP contribution in [0.2, 0.25) is 0 Å². The first-order chi connectivity index (χ1) is 13.8. The molecule has 152 valence electrons. The minimum atomic E-state index is -4.84. The fourth-order valence-electron chi connectivity index (χ4n) is 2.95. The van der Waals surface area contributed by atoms with Gasteiger partial charge in [0.1, 0.15) is 0 Å². The summed E-state index contributed by atoms with van der Waals surface area (Å²) in [7, 11) is -4.84. The van der Waals surface area contributed by atoms with E-state index in [-0.39, 0.29) is 11.6 Å². The number of sulfone groups is 1. The molecule has 0 bridgehead atoms. The lowest BCUT2D eigenvalue weighted by Crippen LogP contribution is -2.23. The molecule has 1 aliphatic heterocycles. The standard InChI is InChI=1S/C20H18F2N2O4S/c21-20(22)29(27,28)17-5-2-1-4-16(17)23-18(25)12-9-14-7-10-15(11-8-14)24-13-3-6-19(24)26/h1-2,4-5,7-12,20H,3,6,13H2,(H,23,25)/b12-9+. The topological polar surface area (TPSA) is 83.6 Å². The van der Waals surface area contributed by atoms with E-state index in [1.54, 1.807) is 29.2 Å². The van der Waals surface area contributed by atoms with Crippen molar-refractivity contribution in [1.29, 1.82) is 0 Å². The van der Waals surface area contributed by atoms with E-state index in [2.05, 4.69) is 5.32 Å². The predicted octanol–water partition coefficient (Wildman–Crippen LogP) is 3.46. The van der Waals surface area contributed by atoms with Crippen LogP contribution in [0.25, 0.3) is 6.08 Å². The fraction of sp³-hybridized carbons (Fsp3) is 0.200. The van der Waals surface area contributed by atoms with E-state index < -0.39 is 26.4 Å². The molecule has 1 heterocycles. The van der Waals surface area contributed by atoms with Gasteiger partial charge >= 0.3 is 5.76 Å². The van der Waals surface area contributed by atoms with Crippen LogP contribution in [-0.2, 0) is 19.4 Å². The summed E-state index contributed by atoms with van der Waals surface area (Å²) in [5, 5.41) is 2.31. The Labute approximate surface area is 166 Å². The third kappa shape index (κ3) is 4.68. The number of hydrogen-bond donors (Lipinski definition) is 1. The van der Waals surface area contributed by atoms with E-state index in [0.29, 0.717) is 18.5 Å². The fourth-order valence-corrected chi connectivity index (χ4v) is 3.83. The van der Waals surface area contributed by atoms with Crippen molar-refractivity contribution in [1.82, 2.24) is 0 Å². The van der Waals surface area contributed by atoms with Crippen LogP contribution in [0.15, 0.2) is 59.5 Å². The van der Waals surface area contributed by atoms with Crippen LogP contribution < -0.4 is 10.2 Å². The number of anilines is 2. The lowest BCUT2D eigenvalue weighted by atomic mass is 10.2. The molecule has 1 aliphatic rings. The maximum atomic E-state index is 12.8. The summed E-state index contributed by atoms with van der Waals surface area (Å²) in [6.07, 6.45) is 4.02. The Morgan fingerprint density at radius 1 is 1.10 bits per heavy atom. The Kier molecular flexibility index (Phi) is 6.07. The number of alkyl halides is 2. The van der Waals surface area contributed by atoms with E-state index in [0.717, 1.165) is 18.2 Å². The van der Waals surface area contributed by atoms with Crippen LogP contribution in [-0.4, -0.2) is 32.5 Å². The lowest BCUT2D eigenvalue weighted by Gasteiger charge is -2.15. The van der Waals surface area contributed by atoms with Crippen molar-refractivity contribution >= 4 is 39.1 Å². The zero-order valence-corrected chi connectivity index (χ0v) is 16.0. The molecule has 6 nitrogen and oxygen atoms in total. The molecule has 2 aromatic carbocycles. The number of hydrogen-bond acceptors (Lipinski definition) is 4. The molecule has 0 aliphatic carbocycles. The zero-order valence-electron chi connectivity index (χ0n) is 15.2. The number of carbonyl (C=O) groups is 2. The van der Waals surface area contributed by atoms with Gasteiger partial charge in [0, 0.05) is 24.7 Å². The number of carbonyl (C=O) groups excluding carboxylic acids is 2. The van der Waals surface area contributed by atoms with Crippen molar-refractivity contribution in [3.05, 3.63) is 60.2 Å². The van der Waals surface area contributed by atoms with E-state index in [9.17, 15) is 26.8 Å². The number of rotatable bonds is 6. The molecule has 0 radical (unpaired) electrons. The average Bonchev–Trinajstić information content (AvgIpc) is 3.13. The molecule has 0 aromatic heterocycles. The third-order valence-electron chi connectivity index (χ3n) is 4.39. The average molecular weight is 420 g/mol. The van der Waals surface area contributed by atoms with Crippen LogP contribution in [0.3, 0.4) is 0 Å². The highest BCUT2D eigenvalue weighted by atomic mass is 32.2. The smallest absolute Gasteiger partial charge is 0.321 e. The first kappa shape index (κ1) is 20.7. The second kappa shape index (κ2) is 8.52. The Bertz CT molecular complexity index is 1050. The SMILES string of the molecule is O=C(/C=C/c1ccc(N2CCCC2=O)cc1)Nc1ccccc1S(=O)(=O)C(F)F. The van der Waals surface area contributed by atoms with Gasteiger partial charge in [-0.15, -0.1) is 0 Å². The normalized spacial score (nSPS) is 14.7. The minimum Gasteiger partial charge on any atom is -0.321 e. The largest absolute Gasteiger partial charge is 0.341 e. The van der Waals surface area contributed by atoms with Crippen LogP contribution >= 0.6 is 0 Å². The summed E-state index contributed by atoms with van der Waals surface area (Å²) in [5.41, 5.74) is 1.25. The number of para-hydroxylation sites is 1. The molecular weight excluding hydrogens is 402 g/mol. The van der Waals surface area contributed by atoms with Crippen LogP contribution in [0.4, 0.5) is 20.2 Å². The molecule has 0 saturated carbocycles. The number of halogens is 2. The molecular formula is C20H18F2N2O4S. The van der Waals surface area contributed by atoms with Gasteiger partial charge in [-0.05, 0) is 42.3 Å². The maximum absolute atomic E-state index is 12.8. The Hall–Kier alpha value is -3.07. The molecule has 1 N–H and O–H groups in total. The van der Waals surface area contributed by atoms with E-state index in [1.807, 2.05) is 0 Å². The Balaban J connectivity index is 1.70. The van der Waals surface area contributed by atoms with Gasteiger partial charge < -0.3 is 10.2 Å². The van der Waals surface area contributed by atoms with Gasteiger partial charge in [-0.2, -0.15) is 8.78 Å². The summed E-state index contributed by atoms with van der Waals surface area (Å²) in [6, 6.07) is 12.0. The lowest BCUT2D eigenvalue weighted by molar-refractivity contribution is -0.117. The predicted molar refractivity (Wildman–Crippen MR) is 105 cm³/mol. The van der Waals surface area contributed by atoms with Gasteiger partial charge in [0.2, 0.25) is 21.7 Å². The van der Waals surface area contributed by atoms with Gasteiger partial charge in [-0.25, -0.2) is 8.42 Å². The zero-order chi connectivity index (χ0) is 21.0. The summed E-state index contributed by atoms with van der Waals surface area (Å²) >= 11 is 0. The highest BCUT2D eigenvalue weighted by Crippen LogP contribution is 2.26. The molecule has 0 unspecified atom stereocenters. The van der Waals surface area contributed by atoms with Gasteiger partial charge in [0.05, 0.1) is 10.6 Å². The van der Waals surface area contributed by atoms with Crippen molar-refractivity contribution in [3.63, 3.8) is 0 Å². The molecule has 29 heavy (non-hydrogen) atoms. The number of nitrogens with zero attached hydrogens (tertiary/aromatic N) is 1. The molecule has 3 rings (SSSR count). The molecule has 1 saturated heterocycles. The number of amides is 2. The molecule has 0 spiro atoms. The quantitative estimate of drug-likeness (QED) is 0.726. The van der Waals surface area contributed by atoms with Crippen molar-refractivity contribution in [2.45, 2.75) is 23.5 Å². The maximum Gasteiger partial charge on any atom is 0.341 e. The first-order valence-corrected chi connectivity index (χ1v) is 10.3. The van der Waals surface area contributed by atoms with E-state index in [4.69, 9.17) is 0 Å². The molecule has 1 fully saturated rings. The highest BCUT2D eigenvalue weighted by Gasteiger charge is 2.29. The highest BCUT2D eigenvalue weighted by molar-refractivity contribution is 7.91.